The van der Waals surface area contributed by atoms with Gasteiger partial charge in [-0.15, -0.1) is 16.4 Å². The number of hydrogen-bond acceptors (Lipinski definition) is 2. The molecule has 0 unspecified atom stereocenters. The van der Waals surface area contributed by atoms with Crippen LogP contribution in [-0.4, -0.2) is 102 Å². The summed E-state index contributed by atoms with van der Waals surface area (Å²) in [4.78, 5) is 2.53. The highest BCUT2D eigenvalue weighted by Crippen LogP contribution is 2.43. The van der Waals surface area contributed by atoms with Crippen molar-refractivity contribution >= 4 is 223 Å². The Labute approximate surface area is 442 Å². The fourth-order valence-corrected chi connectivity index (χ4v) is 12.3. The highest BCUT2D eigenvalue weighted by atomic mass is 16.3. The SMILES string of the molecule is Bc1c(B)c(B)c(-c2c(B)c(B)c(-c3c(B)c(B)c(N(c4ccc(-c5cccc6oc7c8ccccc8ccc7c56)cc4)c4ccccc4-c4ccc(-c5ccccc5)cc4)c(B)c3B)c(B)c2B)c(B)c1B. The number of rotatable bonds is 8. The molecule has 0 spiro atoms. The predicted octanol–water partition coefficient (Wildman–Crippen LogP) is -6.10. The lowest BCUT2D eigenvalue weighted by atomic mass is 9.55. The highest BCUT2D eigenvalue weighted by molar-refractivity contribution is 6.72. The van der Waals surface area contributed by atoms with Crippen molar-refractivity contribution < 1.29 is 4.42 Å². The molecule has 0 aliphatic rings. The molecule has 10 aromatic carbocycles. The van der Waals surface area contributed by atoms with E-state index in [9.17, 15) is 0 Å². The Morgan fingerprint density at radius 2 is 0.740 bits per heavy atom. The van der Waals surface area contributed by atoms with E-state index in [1.165, 1.54) is 127 Å². The van der Waals surface area contributed by atoms with Gasteiger partial charge in [0.15, 0.2) is 0 Å². The Morgan fingerprint density at radius 3 is 1.34 bits per heavy atom. The minimum atomic E-state index is 0.898. The number of hydrogen-bond donors (Lipinski definition) is 0. The van der Waals surface area contributed by atoms with Crippen molar-refractivity contribution in [1.29, 1.82) is 0 Å². The molecule has 0 saturated carbocycles. The zero-order valence-electron chi connectivity index (χ0n) is 44.9. The summed E-state index contributed by atoms with van der Waals surface area (Å²) in [6.45, 7) is 0. The average Bonchev–Trinajstić information content (AvgIpc) is 3.82. The van der Waals surface area contributed by atoms with Gasteiger partial charge in [0.2, 0.25) is 0 Å². The van der Waals surface area contributed by atoms with Gasteiger partial charge in [-0.2, -0.15) is 0 Å². The molecule has 2 nitrogen and oxygen atoms in total. The highest BCUT2D eigenvalue weighted by Gasteiger charge is 2.28. The summed E-state index contributed by atoms with van der Waals surface area (Å²) in [5.74, 6) is 0. The molecule has 15 heteroatoms. The standard InChI is InChI=1S/C58H52B13NO/c59-44-40(42-48(63)52(67)54(69)53(68)49(42)64)45(60)47(62)41(46(44)61)43-50(65)55(70)57(56(71)51(43)66)72(37-15-7-6-12-33(37)30-19-17-28(18-20-30)27-9-2-1-3-10-27)32-24-21-31(22-25-32)34-14-8-16-38-39(34)36-26-23-29-11-4-5-13-35(29)58(36)73-38/h1-26H,59-71H2. The van der Waals surface area contributed by atoms with Gasteiger partial charge >= 0.3 is 0 Å². The van der Waals surface area contributed by atoms with E-state index in [4.69, 9.17) is 4.42 Å². The summed E-state index contributed by atoms with van der Waals surface area (Å²) in [5.41, 5.74) is 35.5. The fraction of sp³-hybridized carbons (Fsp3) is 0. The predicted molar refractivity (Wildman–Crippen MR) is 359 cm³/mol. The lowest BCUT2D eigenvalue weighted by Crippen LogP contribution is -2.57. The Morgan fingerprint density at radius 1 is 0.301 bits per heavy atom. The van der Waals surface area contributed by atoms with E-state index in [1.54, 1.807) is 0 Å². The number of nitrogens with zero attached hydrogens (tertiary/aromatic N) is 1. The summed E-state index contributed by atoms with van der Waals surface area (Å²) in [6.07, 6.45) is 0. The second-order valence-corrected chi connectivity index (χ2v) is 20.8. The van der Waals surface area contributed by atoms with Crippen molar-refractivity contribution in [2.24, 2.45) is 0 Å². The van der Waals surface area contributed by atoms with Crippen LogP contribution < -0.4 is 75.9 Å². The molecule has 73 heavy (non-hydrogen) atoms. The van der Waals surface area contributed by atoms with Gasteiger partial charge in [0.25, 0.3) is 0 Å². The first kappa shape index (κ1) is 48.2. The van der Waals surface area contributed by atoms with Crippen LogP contribution in [0.3, 0.4) is 0 Å². The topological polar surface area (TPSA) is 16.4 Å². The zero-order chi connectivity index (χ0) is 51.1. The number of anilines is 3. The fourth-order valence-electron chi connectivity index (χ4n) is 12.3. The second kappa shape index (κ2) is 18.7. The molecule has 0 radical (unpaired) electrons. The van der Waals surface area contributed by atoms with E-state index in [0.29, 0.717) is 0 Å². The lowest BCUT2D eigenvalue weighted by Gasteiger charge is -2.35. The van der Waals surface area contributed by atoms with E-state index in [2.05, 4.69) is 265 Å². The summed E-state index contributed by atoms with van der Waals surface area (Å²) < 4.78 is 6.65. The van der Waals surface area contributed by atoms with Crippen LogP contribution in [0.4, 0.5) is 17.1 Å². The normalized spacial score (nSPS) is 11.5. The quantitative estimate of drug-likeness (QED) is 0.142. The molecular weight excluding hydrogens is 867 g/mol. The Balaban J connectivity index is 1.10. The van der Waals surface area contributed by atoms with Gasteiger partial charge in [-0.3, -0.25) is 0 Å². The first-order chi connectivity index (χ1) is 35.2. The first-order valence-corrected chi connectivity index (χ1v) is 25.9. The minimum Gasteiger partial charge on any atom is -0.455 e. The third-order valence-corrected chi connectivity index (χ3v) is 17.2. The third-order valence-electron chi connectivity index (χ3n) is 17.2. The Hall–Kier alpha value is -7.10. The van der Waals surface area contributed by atoms with Crippen LogP contribution in [0.2, 0.25) is 0 Å². The van der Waals surface area contributed by atoms with E-state index in [0.717, 1.165) is 49.8 Å². The minimum absolute atomic E-state index is 0.898. The van der Waals surface area contributed by atoms with Crippen LogP contribution in [0.25, 0.3) is 88.3 Å². The summed E-state index contributed by atoms with van der Waals surface area (Å²) in [7, 11) is 30.3. The summed E-state index contributed by atoms with van der Waals surface area (Å²) in [5, 5.41) is 4.59. The van der Waals surface area contributed by atoms with E-state index in [1.807, 2.05) is 0 Å². The van der Waals surface area contributed by atoms with Crippen molar-refractivity contribution in [2.45, 2.75) is 0 Å². The molecule has 1 aromatic heterocycles. The van der Waals surface area contributed by atoms with Crippen LogP contribution >= 0.6 is 0 Å². The van der Waals surface area contributed by atoms with Gasteiger partial charge in [0.05, 0.1) is 5.69 Å². The van der Waals surface area contributed by atoms with Gasteiger partial charge in [-0.25, -0.2) is 0 Å². The van der Waals surface area contributed by atoms with Crippen molar-refractivity contribution in [3.05, 3.63) is 158 Å². The molecular formula is C58H52B13NO. The Bertz CT molecular complexity index is 3980. The monoisotopic (exact) mass is 922 g/mol. The van der Waals surface area contributed by atoms with E-state index >= 15 is 0 Å². The number of benzene rings is 10. The largest absolute Gasteiger partial charge is 0.455 e. The van der Waals surface area contributed by atoms with Crippen LogP contribution in [0.5, 0.6) is 0 Å². The molecule has 0 saturated heterocycles. The third kappa shape index (κ3) is 7.76. The molecule has 11 rings (SSSR count). The van der Waals surface area contributed by atoms with Crippen LogP contribution in [-0.2, 0) is 0 Å². The molecule has 334 valence electrons. The second-order valence-electron chi connectivity index (χ2n) is 20.8. The molecule has 0 aliphatic heterocycles. The van der Waals surface area contributed by atoms with Crippen LogP contribution in [0.1, 0.15) is 0 Å². The van der Waals surface area contributed by atoms with Gasteiger partial charge in [0.1, 0.15) is 113 Å². The zero-order valence-corrected chi connectivity index (χ0v) is 44.9. The lowest BCUT2D eigenvalue weighted by molar-refractivity contribution is 0.673. The van der Waals surface area contributed by atoms with Gasteiger partial charge in [0, 0.05) is 33.1 Å². The average molecular weight is 920 g/mol. The number of para-hydroxylation sites is 1. The first-order valence-electron chi connectivity index (χ1n) is 25.9. The molecule has 0 fully saturated rings. The molecule has 1 heterocycles. The van der Waals surface area contributed by atoms with E-state index < -0.39 is 0 Å². The van der Waals surface area contributed by atoms with Crippen molar-refractivity contribution in [3.63, 3.8) is 0 Å². The summed E-state index contributed by atoms with van der Waals surface area (Å²) in [6, 6.07) is 57.3. The van der Waals surface area contributed by atoms with Crippen molar-refractivity contribution in [3.8, 4) is 55.6 Å². The molecule has 0 atom stereocenters. The van der Waals surface area contributed by atoms with Gasteiger partial charge in [-0.05, 0) is 85.8 Å². The van der Waals surface area contributed by atoms with E-state index in [-0.39, 0.29) is 0 Å². The molecule has 0 aliphatic carbocycles. The van der Waals surface area contributed by atoms with Crippen molar-refractivity contribution in [1.82, 2.24) is 0 Å². The maximum atomic E-state index is 6.65. The van der Waals surface area contributed by atoms with Crippen LogP contribution in [0, 0.1) is 0 Å². The Kier molecular flexibility index (Phi) is 12.4. The van der Waals surface area contributed by atoms with Gasteiger partial charge < -0.3 is 9.32 Å². The molecule has 0 bridgehead atoms. The molecule has 0 N–H and O–H groups in total. The maximum absolute atomic E-state index is 6.65. The number of fused-ring (bicyclic) bond motifs is 5. The molecule has 0 amide bonds. The summed E-state index contributed by atoms with van der Waals surface area (Å²) >= 11 is 0. The van der Waals surface area contributed by atoms with Gasteiger partial charge in [-0.1, -0.05) is 182 Å². The number of furan rings is 1. The van der Waals surface area contributed by atoms with Crippen LogP contribution in [0.15, 0.2) is 162 Å². The van der Waals surface area contributed by atoms with Crippen molar-refractivity contribution in [2.75, 3.05) is 4.90 Å². The molecule has 11 aromatic rings. The maximum Gasteiger partial charge on any atom is 0.143 e. The smallest absolute Gasteiger partial charge is 0.143 e.